The van der Waals surface area contributed by atoms with Crippen molar-refractivity contribution >= 4 is 17.8 Å². The van der Waals surface area contributed by atoms with E-state index in [0.717, 1.165) is 25.8 Å². The molecule has 1 spiro atoms. The van der Waals surface area contributed by atoms with Gasteiger partial charge in [-0.3, -0.25) is 9.59 Å². The summed E-state index contributed by atoms with van der Waals surface area (Å²) in [5.74, 6) is 0.308. The number of rotatable bonds is 2. The van der Waals surface area contributed by atoms with E-state index in [1.165, 1.54) is 0 Å². The van der Waals surface area contributed by atoms with Crippen LogP contribution in [-0.4, -0.2) is 100 Å². The fraction of sp³-hybridized carbons (Fsp3) is 0.684. The molecule has 4 saturated heterocycles. The first-order valence-electron chi connectivity index (χ1n) is 10.3. The van der Waals surface area contributed by atoms with E-state index in [4.69, 9.17) is 0 Å². The zero-order valence-electron chi connectivity index (χ0n) is 16.6. The predicted molar refractivity (Wildman–Crippen MR) is 103 cm³/mol. The van der Waals surface area contributed by atoms with Gasteiger partial charge in [-0.15, -0.1) is 0 Å². The number of carbonyl (C=O) groups is 3. The molecule has 4 fully saturated rings. The molecule has 5 heterocycles. The zero-order chi connectivity index (χ0) is 20.2. The number of urea groups is 1. The second kappa shape index (κ2) is 6.45. The van der Waals surface area contributed by atoms with Crippen molar-refractivity contribution in [2.75, 3.05) is 46.3 Å². The van der Waals surface area contributed by atoms with Gasteiger partial charge in [-0.1, -0.05) is 0 Å². The van der Waals surface area contributed by atoms with Gasteiger partial charge in [0, 0.05) is 45.1 Å². The lowest BCUT2D eigenvalue weighted by Crippen LogP contribution is -2.74. The largest absolute Gasteiger partial charge is 0.341 e. The van der Waals surface area contributed by atoms with Crippen molar-refractivity contribution in [1.82, 2.24) is 35.3 Å². The number of amides is 4. The van der Waals surface area contributed by atoms with Crippen molar-refractivity contribution < 1.29 is 14.4 Å². The quantitative estimate of drug-likeness (QED) is 0.602. The lowest BCUT2D eigenvalue weighted by Gasteiger charge is -2.57. The van der Waals surface area contributed by atoms with E-state index in [-0.39, 0.29) is 29.4 Å². The van der Waals surface area contributed by atoms with Crippen LogP contribution in [0.15, 0.2) is 12.4 Å². The summed E-state index contributed by atoms with van der Waals surface area (Å²) in [7, 11) is 2.04. The van der Waals surface area contributed by atoms with Gasteiger partial charge in [-0.05, 0) is 32.9 Å². The lowest BCUT2D eigenvalue weighted by molar-refractivity contribution is -0.161. The van der Waals surface area contributed by atoms with Gasteiger partial charge >= 0.3 is 6.03 Å². The first-order valence-corrected chi connectivity index (χ1v) is 10.3. The Balaban J connectivity index is 1.40. The van der Waals surface area contributed by atoms with E-state index in [1.54, 1.807) is 12.4 Å². The summed E-state index contributed by atoms with van der Waals surface area (Å²) in [5.41, 5.74) is -0.895. The van der Waals surface area contributed by atoms with Crippen LogP contribution in [0.1, 0.15) is 29.9 Å². The van der Waals surface area contributed by atoms with E-state index >= 15 is 0 Å². The molecule has 156 valence electrons. The highest BCUT2D eigenvalue weighted by Crippen LogP contribution is 2.45. The maximum atomic E-state index is 13.7. The Morgan fingerprint density at radius 1 is 1.24 bits per heavy atom. The molecule has 10 heteroatoms. The highest BCUT2D eigenvalue weighted by atomic mass is 16.2. The Bertz CT molecular complexity index is 835. The average Bonchev–Trinajstić information content (AvgIpc) is 3.35. The first kappa shape index (κ1) is 18.4. The third-order valence-electron chi connectivity index (χ3n) is 7.09. The molecule has 3 N–H and O–H groups in total. The van der Waals surface area contributed by atoms with Gasteiger partial charge in [-0.25, -0.2) is 9.78 Å². The smallest absolute Gasteiger partial charge is 0.315 e. The summed E-state index contributed by atoms with van der Waals surface area (Å²) in [4.78, 5) is 51.3. The number of carbonyl (C=O) groups excluding carboxylic acids is 3. The maximum Gasteiger partial charge on any atom is 0.315 e. The topological polar surface area (TPSA) is 114 Å². The second-order valence-corrected chi connectivity index (χ2v) is 8.97. The van der Waals surface area contributed by atoms with E-state index in [2.05, 4.69) is 25.5 Å². The van der Waals surface area contributed by atoms with Crippen LogP contribution in [0.25, 0.3) is 0 Å². The summed E-state index contributed by atoms with van der Waals surface area (Å²) in [6.07, 6.45) is 5.55. The Morgan fingerprint density at radius 2 is 2.07 bits per heavy atom. The van der Waals surface area contributed by atoms with E-state index in [0.29, 0.717) is 38.5 Å². The van der Waals surface area contributed by atoms with Crippen LogP contribution in [0.4, 0.5) is 4.79 Å². The molecule has 0 saturated carbocycles. The standard InChI is InChI=1S/C19H27N7O3/c1-24-8-4-19(16(28)25-11-18(12-25)10-22-17(29)23-18)3-2-7-26(13(19)9-24)15(27)14-20-5-6-21-14/h5-6,13H,2-4,7-12H2,1H3,(H,20,21)(H2,22,23,29)/t13-,19+/m0/s1. The molecule has 5 rings (SSSR count). The number of likely N-dealkylation sites (tertiary alicyclic amines) is 3. The van der Waals surface area contributed by atoms with Gasteiger partial charge in [0.25, 0.3) is 5.91 Å². The summed E-state index contributed by atoms with van der Waals surface area (Å²) in [6.45, 7) is 3.76. The number of aromatic nitrogens is 2. The third-order valence-corrected chi connectivity index (χ3v) is 7.09. The van der Waals surface area contributed by atoms with Crippen LogP contribution in [0.5, 0.6) is 0 Å². The molecule has 4 aliphatic rings. The first-order chi connectivity index (χ1) is 13.9. The number of H-pyrrole nitrogens is 1. The minimum absolute atomic E-state index is 0.124. The number of aromatic amines is 1. The Morgan fingerprint density at radius 3 is 2.76 bits per heavy atom. The van der Waals surface area contributed by atoms with Crippen molar-refractivity contribution in [2.45, 2.75) is 30.8 Å². The van der Waals surface area contributed by atoms with Crippen LogP contribution in [-0.2, 0) is 4.79 Å². The summed E-state index contributed by atoms with van der Waals surface area (Å²) in [5, 5.41) is 5.74. The molecule has 1 aromatic heterocycles. The third kappa shape index (κ3) is 2.80. The molecular formula is C19H27N7O3. The highest BCUT2D eigenvalue weighted by molar-refractivity contribution is 5.93. The number of nitrogens with zero attached hydrogens (tertiary/aromatic N) is 4. The minimum Gasteiger partial charge on any atom is -0.341 e. The molecule has 2 atom stereocenters. The monoisotopic (exact) mass is 401 g/mol. The van der Waals surface area contributed by atoms with Crippen LogP contribution in [0.3, 0.4) is 0 Å². The number of hydrogen-bond donors (Lipinski definition) is 3. The number of hydrogen-bond acceptors (Lipinski definition) is 5. The van der Waals surface area contributed by atoms with Gasteiger partial charge in [-0.2, -0.15) is 0 Å². The second-order valence-electron chi connectivity index (χ2n) is 8.97. The van der Waals surface area contributed by atoms with Gasteiger partial charge < -0.3 is 30.3 Å². The number of nitrogens with one attached hydrogen (secondary N) is 3. The molecule has 4 amide bonds. The van der Waals surface area contributed by atoms with Crippen LogP contribution in [0.2, 0.25) is 0 Å². The zero-order valence-corrected chi connectivity index (χ0v) is 16.6. The van der Waals surface area contributed by atoms with Gasteiger partial charge in [0.05, 0.1) is 17.0 Å². The number of fused-ring (bicyclic) bond motifs is 1. The van der Waals surface area contributed by atoms with E-state index in [9.17, 15) is 14.4 Å². The lowest BCUT2D eigenvalue weighted by atomic mass is 9.66. The summed E-state index contributed by atoms with van der Waals surface area (Å²) in [6, 6.07) is -0.340. The van der Waals surface area contributed by atoms with Crippen molar-refractivity contribution in [3.8, 4) is 0 Å². The molecular weight excluding hydrogens is 374 g/mol. The molecule has 1 aromatic rings. The van der Waals surface area contributed by atoms with Crippen LogP contribution >= 0.6 is 0 Å². The normalized spacial score (nSPS) is 31.1. The predicted octanol–water partition coefficient (Wildman–Crippen LogP) is -0.770. The summed E-state index contributed by atoms with van der Waals surface area (Å²) < 4.78 is 0. The van der Waals surface area contributed by atoms with Crippen molar-refractivity contribution in [3.05, 3.63) is 18.2 Å². The Kier molecular flexibility index (Phi) is 4.09. The SMILES string of the molecule is CN1CC[C@]2(C(=O)N3CC4(CNC(=O)N4)C3)CCCN(C(=O)c3ncc[nH]3)[C@H]2C1. The van der Waals surface area contributed by atoms with Crippen LogP contribution < -0.4 is 10.6 Å². The maximum absolute atomic E-state index is 13.7. The molecule has 0 bridgehead atoms. The summed E-state index contributed by atoms with van der Waals surface area (Å²) >= 11 is 0. The Hall–Kier alpha value is -2.62. The number of likely N-dealkylation sites (N-methyl/N-ethyl adjacent to an activating group) is 1. The number of piperidine rings is 2. The molecule has 10 nitrogen and oxygen atoms in total. The molecule has 4 aliphatic heterocycles. The van der Waals surface area contributed by atoms with Gasteiger partial charge in [0.1, 0.15) is 0 Å². The molecule has 0 aromatic carbocycles. The van der Waals surface area contributed by atoms with E-state index in [1.807, 2.05) is 16.8 Å². The van der Waals surface area contributed by atoms with Crippen molar-refractivity contribution in [1.29, 1.82) is 0 Å². The van der Waals surface area contributed by atoms with Gasteiger partial charge in [0.2, 0.25) is 5.91 Å². The van der Waals surface area contributed by atoms with E-state index < -0.39 is 5.41 Å². The Labute approximate surface area is 169 Å². The fourth-order valence-corrected chi connectivity index (χ4v) is 5.56. The molecule has 29 heavy (non-hydrogen) atoms. The van der Waals surface area contributed by atoms with Crippen molar-refractivity contribution in [2.24, 2.45) is 5.41 Å². The highest BCUT2D eigenvalue weighted by Gasteiger charge is 2.59. The minimum atomic E-state index is -0.565. The molecule has 0 radical (unpaired) electrons. The molecule has 0 unspecified atom stereocenters. The fourth-order valence-electron chi connectivity index (χ4n) is 5.56. The molecule has 0 aliphatic carbocycles. The van der Waals surface area contributed by atoms with Crippen molar-refractivity contribution in [3.63, 3.8) is 0 Å². The average molecular weight is 401 g/mol. The number of imidazole rings is 1. The van der Waals surface area contributed by atoms with Crippen LogP contribution in [0, 0.1) is 5.41 Å². The van der Waals surface area contributed by atoms with Gasteiger partial charge in [0.15, 0.2) is 5.82 Å².